The van der Waals surface area contributed by atoms with Crippen LogP contribution in [0, 0.1) is 6.92 Å². The molecule has 0 unspecified atom stereocenters. The van der Waals surface area contributed by atoms with E-state index in [-0.39, 0.29) is 0 Å². The van der Waals surface area contributed by atoms with E-state index in [0.717, 1.165) is 0 Å². The second-order valence-electron chi connectivity index (χ2n) is 8.17. The van der Waals surface area contributed by atoms with E-state index in [1.807, 2.05) is 22.7 Å². The summed E-state index contributed by atoms with van der Waals surface area (Å²) in [7, 11) is 0. The first-order valence-corrected chi connectivity index (χ1v) is 12.2. The monoisotopic (exact) mass is 430 g/mol. The highest BCUT2D eigenvalue weighted by molar-refractivity contribution is 7.23. The molecule has 0 nitrogen and oxygen atoms in total. The second-order valence-corrected chi connectivity index (χ2v) is 10.5. The third kappa shape index (κ3) is 2.46. The first kappa shape index (κ1) is 17.5. The third-order valence-electron chi connectivity index (χ3n) is 6.38. The van der Waals surface area contributed by atoms with E-state index >= 15 is 0 Å². The van der Waals surface area contributed by atoms with Gasteiger partial charge in [0, 0.05) is 19.5 Å². The molecular formula is C29H18S2. The molecule has 0 aliphatic heterocycles. The van der Waals surface area contributed by atoms with E-state index in [0.29, 0.717) is 0 Å². The number of benzene rings is 5. The fourth-order valence-electron chi connectivity index (χ4n) is 5.04. The second kappa shape index (κ2) is 6.40. The Balaban J connectivity index is 1.56. The molecule has 0 aliphatic rings. The van der Waals surface area contributed by atoms with Gasteiger partial charge >= 0.3 is 0 Å². The highest BCUT2D eigenvalue weighted by Crippen LogP contribution is 2.45. The number of thiophene rings is 2. The van der Waals surface area contributed by atoms with Crippen LogP contribution in [0.15, 0.2) is 91.0 Å². The first-order valence-electron chi connectivity index (χ1n) is 10.5. The average molecular weight is 431 g/mol. The zero-order chi connectivity index (χ0) is 20.5. The summed E-state index contributed by atoms with van der Waals surface area (Å²) in [6.45, 7) is 2.17. The molecule has 2 heterocycles. The van der Waals surface area contributed by atoms with E-state index in [1.54, 1.807) is 0 Å². The van der Waals surface area contributed by atoms with Gasteiger partial charge in [-0.15, -0.1) is 22.7 Å². The van der Waals surface area contributed by atoms with Gasteiger partial charge in [-0.25, -0.2) is 0 Å². The van der Waals surface area contributed by atoms with Crippen LogP contribution in [0.2, 0.25) is 0 Å². The van der Waals surface area contributed by atoms with E-state index in [1.165, 1.54) is 68.2 Å². The van der Waals surface area contributed by atoms with E-state index in [9.17, 15) is 0 Å². The maximum absolute atomic E-state index is 2.33. The van der Waals surface area contributed by atoms with Crippen LogP contribution < -0.4 is 0 Å². The van der Waals surface area contributed by atoms with Crippen molar-refractivity contribution >= 4 is 65.8 Å². The molecular weight excluding hydrogens is 412 g/mol. The molecule has 7 rings (SSSR count). The van der Waals surface area contributed by atoms with Crippen LogP contribution in [0.25, 0.3) is 63.3 Å². The molecule has 0 N–H and O–H groups in total. The first-order chi connectivity index (χ1) is 15.3. The van der Waals surface area contributed by atoms with Gasteiger partial charge in [0.25, 0.3) is 0 Å². The molecule has 0 aliphatic carbocycles. The number of fused-ring (bicyclic) bond motifs is 2. The van der Waals surface area contributed by atoms with Crippen LogP contribution in [0.5, 0.6) is 0 Å². The van der Waals surface area contributed by atoms with Crippen molar-refractivity contribution in [2.24, 2.45) is 0 Å². The van der Waals surface area contributed by atoms with Gasteiger partial charge in [-0.2, -0.15) is 0 Å². The summed E-state index contributed by atoms with van der Waals surface area (Å²) in [4.78, 5) is 5.40. The maximum atomic E-state index is 2.33. The molecule has 0 radical (unpaired) electrons. The Bertz CT molecular complexity index is 1700. The molecule has 0 bridgehead atoms. The third-order valence-corrected chi connectivity index (χ3v) is 8.70. The van der Waals surface area contributed by atoms with Crippen LogP contribution in [0.4, 0.5) is 0 Å². The molecule has 5 aromatic carbocycles. The van der Waals surface area contributed by atoms with Crippen molar-refractivity contribution in [3.05, 3.63) is 95.9 Å². The quantitative estimate of drug-likeness (QED) is 0.189. The number of aryl methyl sites for hydroxylation is 1. The fourth-order valence-corrected chi connectivity index (χ4v) is 7.05. The van der Waals surface area contributed by atoms with Crippen LogP contribution in [0.1, 0.15) is 4.88 Å². The molecule has 2 aromatic heterocycles. The van der Waals surface area contributed by atoms with Crippen molar-refractivity contribution in [3.63, 3.8) is 0 Å². The van der Waals surface area contributed by atoms with Gasteiger partial charge in [-0.05, 0) is 79.8 Å². The summed E-state index contributed by atoms with van der Waals surface area (Å²) in [6.07, 6.45) is 0. The molecule has 0 fully saturated rings. The minimum atomic E-state index is 1.32. The molecule has 31 heavy (non-hydrogen) atoms. The Kier molecular flexibility index (Phi) is 3.61. The van der Waals surface area contributed by atoms with Gasteiger partial charge in [0.2, 0.25) is 0 Å². The molecule has 0 atom stereocenters. The lowest BCUT2D eigenvalue weighted by atomic mass is 9.88. The van der Waals surface area contributed by atoms with E-state index in [2.05, 4.69) is 97.9 Å². The lowest BCUT2D eigenvalue weighted by Crippen LogP contribution is -1.88. The van der Waals surface area contributed by atoms with Crippen LogP contribution in [-0.4, -0.2) is 0 Å². The molecule has 0 saturated carbocycles. The summed E-state index contributed by atoms with van der Waals surface area (Å²) < 4.78 is 0. The van der Waals surface area contributed by atoms with Gasteiger partial charge < -0.3 is 0 Å². The zero-order valence-corrected chi connectivity index (χ0v) is 18.6. The van der Waals surface area contributed by atoms with Gasteiger partial charge in [0.05, 0.1) is 0 Å². The van der Waals surface area contributed by atoms with Crippen LogP contribution >= 0.6 is 22.7 Å². The summed E-state index contributed by atoms with van der Waals surface area (Å²) in [5.41, 5.74) is 1.33. The van der Waals surface area contributed by atoms with Gasteiger partial charge in [-0.3, -0.25) is 0 Å². The molecule has 0 saturated heterocycles. The Morgan fingerprint density at radius 2 is 1.03 bits per heavy atom. The summed E-state index contributed by atoms with van der Waals surface area (Å²) in [6, 6.07) is 33.8. The fraction of sp³-hybridized carbons (Fsp3) is 0.0345. The SMILES string of the molecule is Cc1ccc(-c2ccc(-c3ccc4c5cccc6cccc(c7cccc3c74)c65)s2)s1. The van der Waals surface area contributed by atoms with E-state index in [4.69, 9.17) is 0 Å². The van der Waals surface area contributed by atoms with Crippen molar-refractivity contribution in [2.45, 2.75) is 6.92 Å². The largest absolute Gasteiger partial charge is 0.140 e. The average Bonchev–Trinajstić information content (AvgIpc) is 3.46. The normalized spacial score (nSPS) is 12.0. The molecule has 146 valence electrons. The maximum Gasteiger partial charge on any atom is 0.0449 e. The topological polar surface area (TPSA) is 0 Å². The van der Waals surface area contributed by atoms with Crippen molar-refractivity contribution in [1.82, 2.24) is 0 Å². The lowest BCUT2D eigenvalue weighted by Gasteiger charge is -2.16. The predicted octanol–water partition coefficient (Wildman–Crippen LogP) is 9.50. The zero-order valence-electron chi connectivity index (χ0n) is 17.0. The Morgan fingerprint density at radius 1 is 0.452 bits per heavy atom. The smallest absolute Gasteiger partial charge is 0.0449 e. The van der Waals surface area contributed by atoms with E-state index < -0.39 is 0 Å². The number of hydrogen-bond acceptors (Lipinski definition) is 2. The van der Waals surface area contributed by atoms with Crippen molar-refractivity contribution < 1.29 is 0 Å². The Hall–Kier alpha value is -3.20. The van der Waals surface area contributed by atoms with Crippen molar-refractivity contribution in [2.75, 3.05) is 0 Å². The van der Waals surface area contributed by atoms with Gasteiger partial charge in [0.1, 0.15) is 0 Å². The highest BCUT2D eigenvalue weighted by Gasteiger charge is 2.16. The summed E-state index contributed by atoms with van der Waals surface area (Å²) in [5.74, 6) is 0. The number of hydrogen-bond donors (Lipinski definition) is 0. The van der Waals surface area contributed by atoms with Crippen molar-refractivity contribution in [3.8, 4) is 20.2 Å². The standard InChI is InChI=1S/C29H18S2/c1-17-11-14-26(30-17)27-16-15-25(31-27)19-12-13-24-22-8-3-6-18-5-2-7-21(28(18)22)23-10-4-9-20(19)29(23)24/h2-16H,1H3. The summed E-state index contributed by atoms with van der Waals surface area (Å²) in [5, 5.41) is 10.8. The minimum Gasteiger partial charge on any atom is -0.140 e. The predicted molar refractivity (Wildman–Crippen MR) is 139 cm³/mol. The Morgan fingerprint density at radius 3 is 1.77 bits per heavy atom. The van der Waals surface area contributed by atoms with Crippen LogP contribution in [-0.2, 0) is 0 Å². The molecule has 7 aromatic rings. The molecule has 0 spiro atoms. The summed E-state index contributed by atoms with van der Waals surface area (Å²) >= 11 is 3.77. The van der Waals surface area contributed by atoms with Crippen molar-refractivity contribution in [1.29, 1.82) is 0 Å². The lowest BCUT2D eigenvalue weighted by molar-refractivity contribution is 1.64. The molecule has 0 amide bonds. The van der Waals surface area contributed by atoms with Gasteiger partial charge in [0.15, 0.2) is 0 Å². The Labute approximate surface area is 188 Å². The highest BCUT2D eigenvalue weighted by atomic mass is 32.1. The number of rotatable bonds is 2. The minimum absolute atomic E-state index is 1.32. The van der Waals surface area contributed by atoms with Gasteiger partial charge in [-0.1, -0.05) is 66.7 Å². The van der Waals surface area contributed by atoms with Crippen LogP contribution in [0.3, 0.4) is 0 Å². The molecule has 2 heteroatoms.